The van der Waals surface area contributed by atoms with E-state index >= 15 is 0 Å². The molecule has 0 saturated carbocycles. The van der Waals surface area contributed by atoms with Crippen LogP contribution in [0.3, 0.4) is 0 Å². The number of aryl methyl sites for hydroxylation is 1. The lowest BCUT2D eigenvalue weighted by molar-refractivity contribution is -0.0498. The Balaban J connectivity index is 1.81. The van der Waals surface area contributed by atoms with Gasteiger partial charge in [-0.25, -0.2) is 0 Å². The summed E-state index contributed by atoms with van der Waals surface area (Å²) in [5.41, 5.74) is 3.62. The molecule has 1 aromatic carbocycles. The smallest absolute Gasteiger partial charge is 0.387 e. The van der Waals surface area contributed by atoms with E-state index in [2.05, 4.69) is 27.7 Å². The van der Waals surface area contributed by atoms with E-state index < -0.39 is 6.61 Å². The van der Waals surface area contributed by atoms with Crippen LogP contribution in [-0.2, 0) is 13.1 Å². The second-order valence-electron chi connectivity index (χ2n) is 4.21. The molecule has 0 aliphatic rings. The van der Waals surface area contributed by atoms with Crippen LogP contribution in [0.4, 0.5) is 8.78 Å². The molecule has 2 aromatic rings. The van der Waals surface area contributed by atoms with Gasteiger partial charge in [0.1, 0.15) is 5.75 Å². The molecule has 0 saturated heterocycles. The molecule has 0 atom stereocenters. The Hall–Kier alpha value is -1.46. The molecule has 2 nitrogen and oxygen atoms in total. The van der Waals surface area contributed by atoms with E-state index in [1.54, 1.807) is 35.6 Å². The fraction of sp³-hybridized carbons (Fsp3) is 0.286. The average Bonchev–Trinajstić information content (AvgIpc) is 2.77. The molecule has 1 N–H and O–H groups in total. The number of nitrogens with one attached hydrogen (secondary N) is 1. The van der Waals surface area contributed by atoms with Crippen molar-refractivity contribution in [2.24, 2.45) is 0 Å². The molecule has 2 rings (SSSR count). The van der Waals surface area contributed by atoms with Crippen LogP contribution < -0.4 is 10.1 Å². The van der Waals surface area contributed by atoms with Gasteiger partial charge in [-0.1, -0.05) is 12.1 Å². The van der Waals surface area contributed by atoms with Gasteiger partial charge < -0.3 is 10.1 Å². The van der Waals surface area contributed by atoms with E-state index in [9.17, 15) is 8.78 Å². The molecule has 5 heteroatoms. The zero-order valence-corrected chi connectivity index (χ0v) is 11.3. The fourth-order valence-electron chi connectivity index (χ4n) is 1.70. The Bertz CT molecular complexity index is 510. The molecule has 0 amide bonds. The first-order valence-electron chi connectivity index (χ1n) is 5.91. The molecule has 102 valence electrons. The highest BCUT2D eigenvalue weighted by atomic mass is 32.1. The highest BCUT2D eigenvalue weighted by Crippen LogP contribution is 2.16. The highest BCUT2D eigenvalue weighted by molar-refractivity contribution is 7.08. The third-order valence-corrected chi connectivity index (χ3v) is 3.66. The molecular formula is C14H15F2NOS. The number of thiophene rings is 1. The zero-order valence-electron chi connectivity index (χ0n) is 10.5. The number of halogens is 2. The number of alkyl halides is 2. The van der Waals surface area contributed by atoms with Crippen LogP contribution in [0.2, 0.25) is 0 Å². The molecule has 0 aliphatic carbocycles. The number of rotatable bonds is 6. The van der Waals surface area contributed by atoms with Gasteiger partial charge in [0.05, 0.1) is 0 Å². The van der Waals surface area contributed by atoms with Gasteiger partial charge in [0.15, 0.2) is 0 Å². The molecular weight excluding hydrogens is 268 g/mol. The number of hydrogen-bond donors (Lipinski definition) is 1. The van der Waals surface area contributed by atoms with Crippen molar-refractivity contribution in [2.45, 2.75) is 26.6 Å². The van der Waals surface area contributed by atoms with Crippen molar-refractivity contribution in [3.63, 3.8) is 0 Å². The molecule has 19 heavy (non-hydrogen) atoms. The van der Waals surface area contributed by atoms with Gasteiger partial charge in [0.25, 0.3) is 0 Å². The summed E-state index contributed by atoms with van der Waals surface area (Å²) in [7, 11) is 0. The van der Waals surface area contributed by atoms with E-state index in [0.717, 1.165) is 12.1 Å². The molecule has 0 aliphatic heterocycles. The molecule has 0 radical (unpaired) electrons. The first-order chi connectivity index (χ1) is 9.15. The maximum Gasteiger partial charge on any atom is 0.387 e. The van der Waals surface area contributed by atoms with Crippen LogP contribution in [0.25, 0.3) is 0 Å². The number of ether oxygens (including phenoxy) is 1. The Morgan fingerprint density at radius 3 is 2.47 bits per heavy atom. The van der Waals surface area contributed by atoms with Crippen LogP contribution >= 0.6 is 11.3 Å². The fourth-order valence-corrected chi connectivity index (χ4v) is 2.56. The van der Waals surface area contributed by atoms with E-state index in [0.29, 0.717) is 6.54 Å². The summed E-state index contributed by atoms with van der Waals surface area (Å²) in [5, 5.41) is 7.57. The SMILES string of the molecule is Cc1cscc1CNCc1ccc(OC(F)F)cc1. The maximum absolute atomic E-state index is 12.0. The summed E-state index contributed by atoms with van der Waals surface area (Å²) in [6, 6.07) is 6.68. The van der Waals surface area contributed by atoms with Gasteiger partial charge in [-0.05, 0) is 46.5 Å². The number of hydrogen-bond acceptors (Lipinski definition) is 3. The minimum Gasteiger partial charge on any atom is -0.435 e. The lowest BCUT2D eigenvalue weighted by Crippen LogP contribution is -2.12. The van der Waals surface area contributed by atoms with Crippen LogP contribution in [0.5, 0.6) is 5.75 Å². The Morgan fingerprint density at radius 1 is 1.16 bits per heavy atom. The van der Waals surface area contributed by atoms with Crippen LogP contribution in [-0.4, -0.2) is 6.61 Å². The largest absolute Gasteiger partial charge is 0.435 e. The third kappa shape index (κ3) is 4.29. The lowest BCUT2D eigenvalue weighted by Gasteiger charge is -2.07. The van der Waals surface area contributed by atoms with Gasteiger partial charge >= 0.3 is 6.61 Å². The average molecular weight is 283 g/mol. The first-order valence-corrected chi connectivity index (χ1v) is 6.85. The topological polar surface area (TPSA) is 21.3 Å². The summed E-state index contributed by atoms with van der Waals surface area (Å²) in [6.07, 6.45) is 0. The van der Waals surface area contributed by atoms with E-state index in [4.69, 9.17) is 0 Å². The summed E-state index contributed by atoms with van der Waals surface area (Å²) in [6.45, 7) is 0.823. The van der Waals surface area contributed by atoms with Crippen molar-refractivity contribution in [3.05, 3.63) is 51.7 Å². The first kappa shape index (κ1) is 14.0. The maximum atomic E-state index is 12.0. The molecule has 0 spiro atoms. The third-order valence-electron chi connectivity index (χ3n) is 2.75. The summed E-state index contributed by atoms with van der Waals surface area (Å²) in [4.78, 5) is 0. The van der Waals surface area contributed by atoms with Crippen molar-refractivity contribution in [3.8, 4) is 5.75 Å². The van der Waals surface area contributed by atoms with Crippen LogP contribution in [0, 0.1) is 6.92 Å². The Labute approximate surface area is 115 Å². The van der Waals surface area contributed by atoms with Crippen molar-refractivity contribution >= 4 is 11.3 Å². The summed E-state index contributed by atoms with van der Waals surface area (Å²) in [5.74, 6) is 0.187. The van der Waals surface area contributed by atoms with Gasteiger partial charge in [-0.15, -0.1) is 0 Å². The minimum atomic E-state index is -2.77. The van der Waals surface area contributed by atoms with E-state index in [1.807, 2.05) is 0 Å². The van der Waals surface area contributed by atoms with Gasteiger partial charge in [-0.3, -0.25) is 0 Å². The summed E-state index contributed by atoms with van der Waals surface area (Å²) >= 11 is 1.69. The minimum absolute atomic E-state index is 0.187. The quantitative estimate of drug-likeness (QED) is 0.866. The molecule has 0 fully saturated rings. The number of benzene rings is 1. The monoisotopic (exact) mass is 283 g/mol. The van der Waals surface area contributed by atoms with E-state index in [-0.39, 0.29) is 5.75 Å². The van der Waals surface area contributed by atoms with Gasteiger partial charge in [0.2, 0.25) is 0 Å². The van der Waals surface area contributed by atoms with Crippen LogP contribution in [0.15, 0.2) is 35.0 Å². The zero-order chi connectivity index (χ0) is 13.7. The molecule has 0 unspecified atom stereocenters. The van der Waals surface area contributed by atoms with Crippen molar-refractivity contribution in [1.29, 1.82) is 0 Å². The molecule has 1 heterocycles. The second kappa shape index (κ2) is 6.63. The van der Waals surface area contributed by atoms with Crippen LogP contribution in [0.1, 0.15) is 16.7 Å². The molecule has 0 bridgehead atoms. The Morgan fingerprint density at radius 2 is 1.89 bits per heavy atom. The normalized spacial score (nSPS) is 10.9. The van der Waals surface area contributed by atoms with Crippen molar-refractivity contribution in [2.75, 3.05) is 0 Å². The standard InChI is InChI=1S/C14H15F2NOS/c1-10-8-19-9-12(10)7-17-6-11-2-4-13(5-3-11)18-14(15)16/h2-5,8-9,14,17H,6-7H2,1H3. The Kier molecular flexibility index (Phi) is 4.87. The predicted octanol–water partition coefficient (Wildman–Crippen LogP) is 3.95. The molecule has 1 aromatic heterocycles. The van der Waals surface area contributed by atoms with Crippen molar-refractivity contribution in [1.82, 2.24) is 5.32 Å². The van der Waals surface area contributed by atoms with Crippen molar-refractivity contribution < 1.29 is 13.5 Å². The van der Waals surface area contributed by atoms with Gasteiger partial charge in [0, 0.05) is 13.1 Å². The highest BCUT2D eigenvalue weighted by Gasteiger charge is 2.03. The lowest BCUT2D eigenvalue weighted by atomic mass is 10.2. The van der Waals surface area contributed by atoms with Gasteiger partial charge in [-0.2, -0.15) is 20.1 Å². The van der Waals surface area contributed by atoms with E-state index in [1.165, 1.54) is 11.1 Å². The second-order valence-corrected chi connectivity index (χ2v) is 4.95. The predicted molar refractivity (Wildman–Crippen MR) is 72.7 cm³/mol. The summed E-state index contributed by atoms with van der Waals surface area (Å²) < 4.78 is 28.3.